The molecule has 0 aliphatic heterocycles. The standard InChI is InChI=1S/C16H13Cl2NO6/c1-23-14-6-11(13(19(21)22)7-15(14)24-2)16(20)25-8-9-3-4-10(17)5-12(9)18/h3-7H,8H2,1-2H3. The fraction of sp³-hybridized carbons (Fsp3) is 0.188. The van der Waals surface area contributed by atoms with Gasteiger partial charge in [0.1, 0.15) is 12.2 Å². The molecule has 0 spiro atoms. The van der Waals surface area contributed by atoms with E-state index in [9.17, 15) is 14.9 Å². The molecule has 25 heavy (non-hydrogen) atoms. The molecule has 2 aromatic rings. The molecule has 0 fully saturated rings. The van der Waals surface area contributed by atoms with Gasteiger partial charge in [0.2, 0.25) is 0 Å². The van der Waals surface area contributed by atoms with Gasteiger partial charge in [-0.2, -0.15) is 0 Å². The van der Waals surface area contributed by atoms with Crippen molar-refractivity contribution in [1.82, 2.24) is 0 Å². The average Bonchev–Trinajstić information content (AvgIpc) is 2.59. The van der Waals surface area contributed by atoms with E-state index in [1.165, 1.54) is 26.4 Å². The van der Waals surface area contributed by atoms with Gasteiger partial charge < -0.3 is 14.2 Å². The third-order valence-corrected chi connectivity index (χ3v) is 3.88. The predicted octanol–water partition coefficient (Wildman–Crippen LogP) is 4.28. The number of halogens is 2. The SMILES string of the molecule is COc1cc(C(=O)OCc2ccc(Cl)cc2Cl)c([N+](=O)[O-])cc1OC. The molecule has 0 atom stereocenters. The molecule has 2 rings (SSSR count). The normalized spacial score (nSPS) is 10.2. The Morgan fingerprint density at radius 3 is 2.32 bits per heavy atom. The number of nitrogens with zero attached hydrogens (tertiary/aromatic N) is 1. The van der Waals surface area contributed by atoms with Crippen molar-refractivity contribution in [3.8, 4) is 11.5 Å². The lowest BCUT2D eigenvalue weighted by molar-refractivity contribution is -0.385. The summed E-state index contributed by atoms with van der Waals surface area (Å²) in [5.41, 5.74) is -0.194. The van der Waals surface area contributed by atoms with Gasteiger partial charge in [-0.25, -0.2) is 4.79 Å². The number of hydrogen-bond donors (Lipinski definition) is 0. The topological polar surface area (TPSA) is 87.9 Å². The Kier molecular flexibility index (Phi) is 6.06. The minimum absolute atomic E-state index is 0.131. The van der Waals surface area contributed by atoms with Crippen LogP contribution in [0.1, 0.15) is 15.9 Å². The number of nitro benzene ring substituents is 1. The van der Waals surface area contributed by atoms with E-state index in [-0.39, 0.29) is 23.7 Å². The van der Waals surface area contributed by atoms with E-state index in [2.05, 4.69) is 0 Å². The maximum absolute atomic E-state index is 12.3. The van der Waals surface area contributed by atoms with Crippen LogP contribution >= 0.6 is 23.2 Å². The fourth-order valence-electron chi connectivity index (χ4n) is 2.04. The number of ether oxygens (including phenoxy) is 3. The second-order valence-electron chi connectivity index (χ2n) is 4.79. The molecule has 0 aromatic heterocycles. The first-order valence-corrected chi connectivity index (χ1v) is 7.64. The number of nitro groups is 1. The monoisotopic (exact) mass is 385 g/mol. The summed E-state index contributed by atoms with van der Waals surface area (Å²) < 4.78 is 15.2. The van der Waals surface area contributed by atoms with Crippen LogP contribution in [0.3, 0.4) is 0 Å². The summed E-state index contributed by atoms with van der Waals surface area (Å²) in [7, 11) is 2.69. The number of methoxy groups -OCH3 is 2. The number of esters is 1. The molecule has 0 aliphatic rings. The highest BCUT2D eigenvalue weighted by molar-refractivity contribution is 6.35. The summed E-state index contributed by atoms with van der Waals surface area (Å²) in [6.45, 7) is -0.166. The van der Waals surface area contributed by atoms with Crippen LogP contribution < -0.4 is 9.47 Å². The van der Waals surface area contributed by atoms with E-state index in [1.54, 1.807) is 12.1 Å². The van der Waals surface area contributed by atoms with Crippen molar-refractivity contribution in [2.75, 3.05) is 14.2 Å². The lowest BCUT2D eigenvalue weighted by Gasteiger charge is -2.11. The van der Waals surface area contributed by atoms with Crippen LogP contribution in [-0.2, 0) is 11.3 Å². The van der Waals surface area contributed by atoms with E-state index < -0.39 is 16.6 Å². The minimum atomic E-state index is -0.890. The van der Waals surface area contributed by atoms with Crippen LogP contribution in [0.5, 0.6) is 11.5 Å². The van der Waals surface area contributed by atoms with Crippen molar-refractivity contribution >= 4 is 34.9 Å². The first-order chi connectivity index (χ1) is 11.9. The second-order valence-corrected chi connectivity index (χ2v) is 5.64. The summed E-state index contributed by atoms with van der Waals surface area (Å²) in [6, 6.07) is 7.00. The van der Waals surface area contributed by atoms with Gasteiger partial charge in [0.05, 0.1) is 25.2 Å². The second kappa shape index (κ2) is 8.04. The van der Waals surface area contributed by atoms with Crippen molar-refractivity contribution in [2.24, 2.45) is 0 Å². The molecule has 0 saturated carbocycles. The van der Waals surface area contributed by atoms with Gasteiger partial charge >= 0.3 is 5.97 Å². The summed E-state index contributed by atoms with van der Waals surface area (Å²) in [5.74, 6) is -0.588. The van der Waals surface area contributed by atoms with Crippen molar-refractivity contribution in [3.63, 3.8) is 0 Å². The van der Waals surface area contributed by atoms with Crippen LogP contribution in [0.15, 0.2) is 30.3 Å². The Bertz CT molecular complexity index is 825. The van der Waals surface area contributed by atoms with Crippen LogP contribution in [-0.4, -0.2) is 25.1 Å². The molecule has 0 bridgehead atoms. The van der Waals surface area contributed by atoms with Crippen LogP contribution in [0, 0.1) is 10.1 Å². The highest BCUT2D eigenvalue weighted by Gasteiger charge is 2.25. The van der Waals surface area contributed by atoms with Crippen LogP contribution in [0.25, 0.3) is 0 Å². The van der Waals surface area contributed by atoms with E-state index >= 15 is 0 Å². The average molecular weight is 386 g/mol. The largest absolute Gasteiger partial charge is 0.493 e. The van der Waals surface area contributed by atoms with E-state index in [1.807, 2.05) is 0 Å². The van der Waals surface area contributed by atoms with E-state index in [0.717, 1.165) is 6.07 Å². The molecule has 0 amide bonds. The molecule has 0 radical (unpaired) electrons. The summed E-state index contributed by atoms with van der Waals surface area (Å²) >= 11 is 11.8. The zero-order valence-electron chi connectivity index (χ0n) is 13.2. The molecule has 0 saturated heterocycles. The molecule has 0 N–H and O–H groups in total. The smallest absolute Gasteiger partial charge is 0.345 e. The maximum atomic E-state index is 12.3. The van der Waals surface area contributed by atoms with Crippen molar-refractivity contribution in [3.05, 3.63) is 61.6 Å². The van der Waals surface area contributed by atoms with Crippen LogP contribution in [0.2, 0.25) is 10.0 Å². The first-order valence-electron chi connectivity index (χ1n) is 6.88. The lowest BCUT2D eigenvalue weighted by atomic mass is 10.1. The first kappa shape index (κ1) is 18.8. The molecule has 0 heterocycles. The van der Waals surface area contributed by atoms with E-state index in [4.69, 9.17) is 37.4 Å². The zero-order chi connectivity index (χ0) is 18.6. The Hall–Kier alpha value is -2.51. The molecular weight excluding hydrogens is 373 g/mol. The predicted molar refractivity (Wildman–Crippen MR) is 91.8 cm³/mol. The lowest BCUT2D eigenvalue weighted by Crippen LogP contribution is -2.09. The van der Waals surface area contributed by atoms with Crippen LogP contribution in [0.4, 0.5) is 5.69 Å². The maximum Gasteiger partial charge on any atom is 0.345 e. The Morgan fingerprint density at radius 2 is 1.76 bits per heavy atom. The zero-order valence-corrected chi connectivity index (χ0v) is 14.8. The number of benzene rings is 2. The number of rotatable bonds is 6. The third-order valence-electron chi connectivity index (χ3n) is 3.29. The number of carbonyl (C=O) groups excluding carboxylic acids is 1. The van der Waals surface area contributed by atoms with Crippen molar-refractivity contribution in [1.29, 1.82) is 0 Å². The van der Waals surface area contributed by atoms with E-state index in [0.29, 0.717) is 15.6 Å². The minimum Gasteiger partial charge on any atom is -0.493 e. The summed E-state index contributed by atoms with van der Waals surface area (Å²) in [6.07, 6.45) is 0. The van der Waals surface area contributed by atoms with Gasteiger partial charge in [0.25, 0.3) is 5.69 Å². The molecule has 9 heteroatoms. The van der Waals surface area contributed by atoms with Crippen molar-refractivity contribution in [2.45, 2.75) is 6.61 Å². The number of hydrogen-bond acceptors (Lipinski definition) is 6. The molecule has 2 aromatic carbocycles. The van der Waals surface area contributed by atoms with Gasteiger partial charge in [-0.15, -0.1) is 0 Å². The van der Waals surface area contributed by atoms with Gasteiger partial charge in [-0.05, 0) is 12.1 Å². The summed E-state index contributed by atoms with van der Waals surface area (Å²) in [4.78, 5) is 22.8. The molecule has 0 unspecified atom stereocenters. The molecule has 7 nitrogen and oxygen atoms in total. The molecule has 0 aliphatic carbocycles. The highest BCUT2D eigenvalue weighted by atomic mass is 35.5. The Morgan fingerprint density at radius 1 is 1.12 bits per heavy atom. The summed E-state index contributed by atoms with van der Waals surface area (Å²) in [5, 5.41) is 12.0. The quantitative estimate of drug-likeness (QED) is 0.419. The third kappa shape index (κ3) is 4.32. The van der Waals surface area contributed by atoms with Gasteiger partial charge in [0, 0.05) is 21.7 Å². The van der Waals surface area contributed by atoms with Gasteiger partial charge in [-0.3, -0.25) is 10.1 Å². The van der Waals surface area contributed by atoms with Crippen molar-refractivity contribution < 1.29 is 23.9 Å². The highest BCUT2D eigenvalue weighted by Crippen LogP contribution is 2.35. The van der Waals surface area contributed by atoms with Gasteiger partial charge in [-0.1, -0.05) is 29.3 Å². The Labute approximate surface area is 153 Å². The molecular formula is C16H13Cl2NO6. The van der Waals surface area contributed by atoms with Gasteiger partial charge in [0.15, 0.2) is 11.5 Å². The fourth-order valence-corrected chi connectivity index (χ4v) is 2.51. The molecule has 132 valence electrons. The Balaban J connectivity index is 2.29. The number of carbonyl (C=O) groups is 1.